The van der Waals surface area contributed by atoms with Crippen molar-refractivity contribution >= 4 is 66.7 Å². The minimum Gasteiger partial charge on any atom is -0.310 e. The van der Waals surface area contributed by atoms with Crippen molar-refractivity contribution in [2.45, 2.75) is 181 Å². The normalized spacial score (nSPS) is 15.6. The van der Waals surface area contributed by atoms with Crippen LogP contribution in [0.4, 0.5) is 0 Å². The molecule has 0 spiro atoms. The molecule has 5 heterocycles. The fraction of sp³-hybridized carbons (Fsp3) is 0.329. The minimum absolute atomic E-state index is 0.0305. The molecule has 0 atom stereocenters. The van der Waals surface area contributed by atoms with Crippen LogP contribution in [0.25, 0.3) is 111 Å². The molecule has 12 aromatic rings. The molecule has 6 heteroatoms. The average molecular weight is 1190 g/mol. The maximum Gasteiger partial charge on any atom is 0.252 e. The highest BCUT2D eigenvalue weighted by atomic mass is 15.1. The number of nitrogens with zero attached hydrogens (tertiary/aromatic N) is 5. The quantitative estimate of drug-likeness (QED) is 0.149. The lowest BCUT2D eigenvalue weighted by molar-refractivity contribution is 0.445. The minimum atomic E-state index is -0.116. The van der Waals surface area contributed by atoms with E-state index >= 15 is 0 Å². The molecule has 454 valence electrons. The first-order valence-electron chi connectivity index (χ1n) is 34.2. The van der Waals surface area contributed by atoms with Gasteiger partial charge >= 0.3 is 0 Å². The molecule has 0 radical (unpaired) electrons. The number of benzene rings is 9. The lowest BCUT2D eigenvalue weighted by Crippen LogP contribution is -2.59. The SMILES string of the molecule is CC(C)(C)c1cc(-c2nc(-c3cc(C(C)(C)C)cc(C(C)(C)C)c3)nc(-c3cc4c5c(c3)-n3c6ccc(-c7ccccc7)cc6c6c(C7CCCCC7)ccc(c63)B5c3ccc(C5CCCCC5)c5c6cc(-c7ccccc7)ccc6n-4c35)n2)cc(C(C)(C)C)c1. The molecule has 0 bridgehead atoms. The van der Waals surface area contributed by atoms with Crippen LogP contribution in [0.1, 0.15) is 193 Å². The van der Waals surface area contributed by atoms with Crippen LogP contribution < -0.4 is 16.4 Å². The summed E-state index contributed by atoms with van der Waals surface area (Å²) in [6, 6.07) is 66.3. The molecule has 2 aliphatic carbocycles. The summed E-state index contributed by atoms with van der Waals surface area (Å²) in [6.07, 6.45) is 12.6. The molecule has 4 aliphatic rings. The highest BCUT2D eigenvalue weighted by molar-refractivity contribution is 7.00. The van der Waals surface area contributed by atoms with Gasteiger partial charge in [0.2, 0.25) is 0 Å². The summed E-state index contributed by atoms with van der Waals surface area (Å²) in [5.41, 5.74) is 27.3. The van der Waals surface area contributed by atoms with E-state index in [0.29, 0.717) is 29.3 Å². The Bertz CT molecular complexity index is 4550. The summed E-state index contributed by atoms with van der Waals surface area (Å²) < 4.78 is 5.40. The van der Waals surface area contributed by atoms with Crippen LogP contribution in [-0.4, -0.2) is 30.8 Å². The third kappa shape index (κ3) is 9.65. The predicted molar refractivity (Wildman–Crippen MR) is 387 cm³/mol. The van der Waals surface area contributed by atoms with Crippen LogP contribution in [0.15, 0.2) is 170 Å². The van der Waals surface area contributed by atoms with Gasteiger partial charge in [-0.15, -0.1) is 0 Å². The third-order valence-corrected chi connectivity index (χ3v) is 21.5. The van der Waals surface area contributed by atoms with E-state index in [0.717, 1.165) is 16.7 Å². The Balaban J connectivity index is 1.06. The van der Waals surface area contributed by atoms with Gasteiger partial charge in [0.25, 0.3) is 6.71 Å². The second-order valence-corrected chi connectivity index (χ2v) is 31.7. The van der Waals surface area contributed by atoms with E-state index in [-0.39, 0.29) is 28.4 Å². The first-order chi connectivity index (χ1) is 43.6. The largest absolute Gasteiger partial charge is 0.310 e. The zero-order chi connectivity index (χ0) is 62.6. The van der Waals surface area contributed by atoms with Gasteiger partial charge in [-0.05, 0) is 192 Å². The molecule has 2 fully saturated rings. The Labute approximate surface area is 539 Å². The summed E-state index contributed by atoms with van der Waals surface area (Å²) in [7, 11) is 0. The van der Waals surface area contributed by atoms with Crippen LogP contribution >= 0.6 is 0 Å². The van der Waals surface area contributed by atoms with Gasteiger partial charge in [0.15, 0.2) is 17.5 Å². The van der Waals surface area contributed by atoms with Gasteiger partial charge < -0.3 is 9.13 Å². The average Bonchev–Trinajstić information content (AvgIpc) is 1.56. The molecular formula is C85H86BN5. The van der Waals surface area contributed by atoms with Crippen LogP contribution in [0, 0.1) is 0 Å². The Morgan fingerprint density at radius 1 is 0.341 bits per heavy atom. The number of hydrogen-bond acceptors (Lipinski definition) is 3. The smallest absolute Gasteiger partial charge is 0.252 e. The van der Waals surface area contributed by atoms with Gasteiger partial charge in [-0.25, -0.2) is 15.0 Å². The number of aromatic nitrogens is 5. The van der Waals surface area contributed by atoms with Crippen LogP contribution in [-0.2, 0) is 21.7 Å². The first kappa shape index (κ1) is 57.8. The van der Waals surface area contributed by atoms with Crippen LogP contribution in [0.3, 0.4) is 0 Å². The van der Waals surface area contributed by atoms with Crippen molar-refractivity contribution in [2.24, 2.45) is 0 Å². The lowest BCUT2D eigenvalue weighted by atomic mass is 9.34. The van der Waals surface area contributed by atoms with E-state index in [2.05, 4.69) is 262 Å². The van der Waals surface area contributed by atoms with Crippen molar-refractivity contribution in [1.29, 1.82) is 0 Å². The molecule has 91 heavy (non-hydrogen) atoms. The molecule has 0 N–H and O–H groups in total. The maximum absolute atomic E-state index is 5.84. The fourth-order valence-electron chi connectivity index (χ4n) is 16.4. The molecule has 0 amide bonds. The summed E-state index contributed by atoms with van der Waals surface area (Å²) in [4.78, 5) is 17.3. The second-order valence-electron chi connectivity index (χ2n) is 31.7. The molecule has 2 aliphatic heterocycles. The van der Waals surface area contributed by atoms with Crippen molar-refractivity contribution in [2.75, 3.05) is 0 Å². The zero-order valence-corrected chi connectivity index (χ0v) is 55.7. The van der Waals surface area contributed by atoms with Crippen molar-refractivity contribution < 1.29 is 0 Å². The van der Waals surface area contributed by atoms with E-state index in [9.17, 15) is 0 Å². The van der Waals surface area contributed by atoms with Gasteiger partial charge in [0.1, 0.15) is 0 Å². The Kier molecular flexibility index (Phi) is 13.4. The number of hydrogen-bond donors (Lipinski definition) is 0. The number of fused-ring (bicyclic) bond motifs is 10. The summed E-state index contributed by atoms with van der Waals surface area (Å²) in [5.74, 6) is 3.04. The van der Waals surface area contributed by atoms with Crippen molar-refractivity contribution in [1.82, 2.24) is 24.1 Å². The Hall–Kier alpha value is -8.35. The molecular weight excluding hydrogens is 1100 g/mol. The number of rotatable bonds is 7. The molecule has 0 saturated heterocycles. The molecule has 0 unspecified atom stereocenters. The van der Waals surface area contributed by atoms with E-state index in [4.69, 9.17) is 15.0 Å². The second kappa shape index (κ2) is 21.1. The van der Waals surface area contributed by atoms with E-state index in [1.165, 1.54) is 191 Å². The van der Waals surface area contributed by atoms with Gasteiger partial charge in [0.05, 0.1) is 11.0 Å². The predicted octanol–water partition coefficient (Wildman–Crippen LogP) is 20.8. The maximum atomic E-state index is 5.84. The third-order valence-electron chi connectivity index (χ3n) is 21.5. The molecule has 5 nitrogen and oxygen atoms in total. The van der Waals surface area contributed by atoms with Gasteiger partial charge in [-0.1, -0.05) is 231 Å². The van der Waals surface area contributed by atoms with E-state index in [1.54, 1.807) is 0 Å². The van der Waals surface area contributed by atoms with Gasteiger partial charge in [-0.3, -0.25) is 0 Å². The summed E-state index contributed by atoms with van der Waals surface area (Å²) in [6.45, 7) is 27.8. The standard InChI is InChI=1S/C85H86BN5/c1-82(2,3)60-41-57(42-61(49-60)83(4,5)6)79-87-80(58-43-62(84(7,8)9)50-63(44-58)85(10,11)12)89-81(88-79)59-47-72-76-73(48-59)91-71-40-34-56(52-27-19-14-20-28-52)46-67(71)75-65(54-31-23-16-24-32-54)36-38-69(78(75)91)86(76)68-37-35-64(53-29-21-15-22-30-53)74-66-45-55(51-25-17-13-18-26-51)33-39-70(66)90(72)77(68)74/h13-14,17-20,25-28,33-50,53-54H,15-16,21-24,29-32H2,1-12H3. The summed E-state index contributed by atoms with van der Waals surface area (Å²) in [5, 5.41) is 5.52. The Morgan fingerprint density at radius 2 is 0.692 bits per heavy atom. The first-order valence-corrected chi connectivity index (χ1v) is 34.2. The molecule has 2 saturated carbocycles. The van der Waals surface area contributed by atoms with Crippen LogP contribution in [0.5, 0.6) is 0 Å². The monoisotopic (exact) mass is 1190 g/mol. The highest BCUT2D eigenvalue weighted by Crippen LogP contribution is 2.49. The zero-order valence-electron chi connectivity index (χ0n) is 55.7. The lowest BCUT2D eigenvalue weighted by Gasteiger charge is -2.35. The molecule has 9 aromatic carbocycles. The van der Waals surface area contributed by atoms with Crippen molar-refractivity contribution in [3.05, 3.63) is 203 Å². The summed E-state index contributed by atoms with van der Waals surface area (Å²) >= 11 is 0. The Morgan fingerprint density at radius 3 is 1.04 bits per heavy atom. The van der Waals surface area contributed by atoms with E-state index in [1.807, 2.05) is 0 Å². The van der Waals surface area contributed by atoms with Crippen LogP contribution in [0.2, 0.25) is 0 Å². The molecule has 3 aromatic heterocycles. The highest BCUT2D eigenvalue weighted by Gasteiger charge is 2.43. The van der Waals surface area contributed by atoms with Gasteiger partial charge in [0, 0.05) is 60.6 Å². The van der Waals surface area contributed by atoms with Crippen molar-refractivity contribution in [3.63, 3.8) is 0 Å². The molecule has 16 rings (SSSR count). The topological polar surface area (TPSA) is 48.5 Å². The van der Waals surface area contributed by atoms with E-state index < -0.39 is 0 Å². The van der Waals surface area contributed by atoms with Gasteiger partial charge in [-0.2, -0.15) is 0 Å². The fourth-order valence-corrected chi connectivity index (χ4v) is 16.4. The van der Waals surface area contributed by atoms with Crippen molar-refractivity contribution in [3.8, 4) is 67.8 Å².